The molecule has 0 radical (unpaired) electrons. The number of para-hydroxylation sites is 2. The molecule has 1 amide bonds. The number of hydrogen-bond donors (Lipinski definition) is 2. The van der Waals surface area contributed by atoms with E-state index in [-0.39, 0.29) is 11.3 Å². The van der Waals surface area contributed by atoms with E-state index >= 15 is 0 Å². The van der Waals surface area contributed by atoms with Crippen molar-refractivity contribution in [3.63, 3.8) is 0 Å². The first-order chi connectivity index (χ1) is 13.2. The maximum atomic E-state index is 12.1. The predicted octanol–water partition coefficient (Wildman–Crippen LogP) is 4.28. The highest BCUT2D eigenvalue weighted by molar-refractivity contribution is 6.09. The highest BCUT2D eigenvalue weighted by Crippen LogP contribution is 2.29. The van der Waals surface area contributed by atoms with E-state index in [4.69, 9.17) is 0 Å². The Bertz CT molecular complexity index is 1170. The van der Waals surface area contributed by atoms with Gasteiger partial charge in [-0.25, -0.2) is 5.43 Å². The van der Waals surface area contributed by atoms with Gasteiger partial charge in [0.1, 0.15) is 5.75 Å². The lowest BCUT2D eigenvalue weighted by Gasteiger charge is -2.03. The zero-order chi connectivity index (χ0) is 18.8. The fourth-order valence-corrected chi connectivity index (χ4v) is 3.38. The Morgan fingerprint density at radius 1 is 1.04 bits per heavy atom. The number of benzene rings is 3. The maximum Gasteiger partial charge on any atom is 0.275 e. The average Bonchev–Trinajstić information content (AvgIpc) is 3.01. The first-order valence-corrected chi connectivity index (χ1v) is 8.81. The summed E-state index contributed by atoms with van der Waals surface area (Å²) in [6.07, 6.45) is 1.61. The summed E-state index contributed by atoms with van der Waals surface area (Å²) in [5.74, 6) is -0.521. The monoisotopic (exact) mass is 357 g/mol. The number of aromatic hydroxyl groups is 1. The smallest absolute Gasteiger partial charge is 0.275 e. The molecular weight excluding hydrogens is 338 g/mol. The fraction of sp³-hybridized carbons (Fsp3) is 0.0909. The molecule has 0 spiro atoms. The number of carbonyl (C=O) groups excluding carboxylic acids is 1. The molecule has 0 aliphatic heterocycles. The molecule has 4 aromatic rings. The van der Waals surface area contributed by atoms with E-state index in [0.29, 0.717) is 0 Å². The maximum absolute atomic E-state index is 12.1. The van der Waals surface area contributed by atoms with Gasteiger partial charge in [0.15, 0.2) is 0 Å². The number of hydrazone groups is 1. The van der Waals surface area contributed by atoms with E-state index in [1.807, 2.05) is 18.2 Å². The molecular formula is C22H19N3O2. The van der Waals surface area contributed by atoms with Crippen molar-refractivity contribution in [3.8, 4) is 5.75 Å². The lowest BCUT2D eigenvalue weighted by atomic mass is 10.1. The third-order valence-electron chi connectivity index (χ3n) is 4.64. The summed E-state index contributed by atoms with van der Waals surface area (Å²) in [6.45, 7) is 3.03. The van der Waals surface area contributed by atoms with Gasteiger partial charge in [-0.05, 0) is 42.8 Å². The molecule has 0 bridgehead atoms. The molecule has 134 valence electrons. The Kier molecular flexibility index (Phi) is 4.34. The van der Waals surface area contributed by atoms with Crippen molar-refractivity contribution in [2.45, 2.75) is 13.5 Å². The summed E-state index contributed by atoms with van der Waals surface area (Å²) < 4.78 is 2.28. The van der Waals surface area contributed by atoms with Crippen molar-refractivity contribution < 1.29 is 9.90 Å². The molecule has 1 heterocycles. The van der Waals surface area contributed by atoms with Crippen molar-refractivity contribution in [2.24, 2.45) is 5.10 Å². The van der Waals surface area contributed by atoms with Gasteiger partial charge in [0.2, 0.25) is 0 Å². The standard InChI is InChI=1S/C22H19N3O2/c1-2-25-19-9-5-3-7-16(19)18-13-15(11-12-20(18)25)14-23-24-22(27)17-8-4-6-10-21(17)26/h3-14,26H,2H2,1H3,(H,24,27). The number of rotatable bonds is 4. The first kappa shape index (κ1) is 16.8. The lowest BCUT2D eigenvalue weighted by molar-refractivity contribution is 0.0952. The van der Waals surface area contributed by atoms with Crippen LogP contribution in [-0.2, 0) is 6.54 Å². The van der Waals surface area contributed by atoms with Crippen LogP contribution in [0.3, 0.4) is 0 Å². The third kappa shape index (κ3) is 3.04. The zero-order valence-corrected chi connectivity index (χ0v) is 14.9. The topological polar surface area (TPSA) is 66.6 Å². The van der Waals surface area contributed by atoms with Gasteiger partial charge in [0.25, 0.3) is 5.91 Å². The SMILES string of the molecule is CCn1c2ccccc2c2cc(C=NNC(=O)c3ccccc3O)ccc21. The summed E-state index contributed by atoms with van der Waals surface area (Å²) in [5.41, 5.74) is 5.91. The van der Waals surface area contributed by atoms with Crippen LogP contribution in [0.25, 0.3) is 21.8 Å². The third-order valence-corrected chi connectivity index (χ3v) is 4.64. The Morgan fingerprint density at radius 3 is 2.59 bits per heavy atom. The highest BCUT2D eigenvalue weighted by Gasteiger charge is 2.10. The predicted molar refractivity (Wildman–Crippen MR) is 108 cm³/mol. The van der Waals surface area contributed by atoms with Crippen LogP contribution in [0.15, 0.2) is 71.8 Å². The van der Waals surface area contributed by atoms with Crippen LogP contribution in [0.1, 0.15) is 22.8 Å². The number of phenolic OH excluding ortho intramolecular Hbond substituents is 1. The Morgan fingerprint density at radius 2 is 1.78 bits per heavy atom. The first-order valence-electron chi connectivity index (χ1n) is 8.81. The van der Waals surface area contributed by atoms with Gasteiger partial charge in [0.05, 0.1) is 11.8 Å². The number of aromatic nitrogens is 1. The van der Waals surface area contributed by atoms with Gasteiger partial charge in [-0.1, -0.05) is 36.4 Å². The van der Waals surface area contributed by atoms with E-state index in [9.17, 15) is 9.90 Å². The number of fused-ring (bicyclic) bond motifs is 3. The van der Waals surface area contributed by atoms with Crippen molar-refractivity contribution in [1.82, 2.24) is 9.99 Å². The second-order valence-electron chi connectivity index (χ2n) is 6.25. The van der Waals surface area contributed by atoms with Crippen LogP contribution in [-0.4, -0.2) is 21.8 Å². The molecule has 0 atom stereocenters. The Hall–Kier alpha value is -3.60. The largest absolute Gasteiger partial charge is 0.507 e. The molecule has 5 heteroatoms. The van der Waals surface area contributed by atoms with Crippen molar-refractivity contribution in [2.75, 3.05) is 0 Å². The number of nitrogens with zero attached hydrogens (tertiary/aromatic N) is 2. The second kappa shape index (κ2) is 6.96. The van der Waals surface area contributed by atoms with Gasteiger partial charge in [0, 0.05) is 28.4 Å². The minimum absolute atomic E-state index is 0.0704. The van der Waals surface area contributed by atoms with Crippen LogP contribution in [0, 0.1) is 0 Å². The second-order valence-corrected chi connectivity index (χ2v) is 6.25. The molecule has 4 rings (SSSR count). The molecule has 0 saturated heterocycles. The van der Waals surface area contributed by atoms with Crippen LogP contribution in [0.4, 0.5) is 0 Å². The Labute approximate surface area is 156 Å². The van der Waals surface area contributed by atoms with E-state index < -0.39 is 5.91 Å². The molecule has 0 fully saturated rings. The summed E-state index contributed by atoms with van der Waals surface area (Å²) in [5, 5.41) is 16.1. The molecule has 0 aliphatic rings. The van der Waals surface area contributed by atoms with E-state index in [1.54, 1.807) is 24.4 Å². The van der Waals surface area contributed by atoms with Crippen LogP contribution in [0.5, 0.6) is 5.75 Å². The number of hydrogen-bond acceptors (Lipinski definition) is 3. The summed E-state index contributed by atoms with van der Waals surface area (Å²) in [6, 6.07) is 20.8. The van der Waals surface area contributed by atoms with Crippen LogP contribution < -0.4 is 5.43 Å². The molecule has 3 aromatic carbocycles. The van der Waals surface area contributed by atoms with E-state index in [1.165, 1.54) is 22.5 Å². The van der Waals surface area contributed by atoms with Crippen molar-refractivity contribution in [1.29, 1.82) is 0 Å². The van der Waals surface area contributed by atoms with E-state index in [0.717, 1.165) is 17.5 Å². The molecule has 27 heavy (non-hydrogen) atoms. The molecule has 2 N–H and O–H groups in total. The minimum atomic E-state index is -0.451. The number of nitrogens with one attached hydrogen (secondary N) is 1. The van der Waals surface area contributed by atoms with Crippen molar-refractivity contribution >= 4 is 33.9 Å². The van der Waals surface area contributed by atoms with Gasteiger partial charge >= 0.3 is 0 Å². The van der Waals surface area contributed by atoms with Gasteiger partial charge < -0.3 is 9.67 Å². The molecule has 0 saturated carbocycles. The number of carbonyl (C=O) groups is 1. The molecule has 0 unspecified atom stereocenters. The number of phenols is 1. The van der Waals surface area contributed by atoms with E-state index in [2.05, 4.69) is 46.3 Å². The van der Waals surface area contributed by atoms with Crippen molar-refractivity contribution in [3.05, 3.63) is 77.9 Å². The minimum Gasteiger partial charge on any atom is -0.507 e. The summed E-state index contributed by atoms with van der Waals surface area (Å²) >= 11 is 0. The molecule has 0 aliphatic carbocycles. The van der Waals surface area contributed by atoms with Gasteiger partial charge in [-0.15, -0.1) is 0 Å². The van der Waals surface area contributed by atoms with Crippen LogP contribution in [0.2, 0.25) is 0 Å². The Balaban J connectivity index is 1.63. The quantitative estimate of drug-likeness (QED) is 0.423. The number of aryl methyl sites for hydroxylation is 1. The highest BCUT2D eigenvalue weighted by atomic mass is 16.3. The molecule has 1 aromatic heterocycles. The number of amides is 1. The lowest BCUT2D eigenvalue weighted by Crippen LogP contribution is -2.17. The van der Waals surface area contributed by atoms with Crippen LogP contribution >= 0.6 is 0 Å². The van der Waals surface area contributed by atoms with Gasteiger partial charge in [-0.2, -0.15) is 5.10 Å². The van der Waals surface area contributed by atoms with Gasteiger partial charge in [-0.3, -0.25) is 4.79 Å². The average molecular weight is 357 g/mol. The normalized spacial score (nSPS) is 11.4. The summed E-state index contributed by atoms with van der Waals surface area (Å²) in [7, 11) is 0. The summed E-state index contributed by atoms with van der Waals surface area (Å²) in [4.78, 5) is 12.1. The fourth-order valence-electron chi connectivity index (χ4n) is 3.38. The zero-order valence-electron chi connectivity index (χ0n) is 14.9. The molecule has 5 nitrogen and oxygen atoms in total.